The van der Waals surface area contributed by atoms with Crippen LogP contribution in [-0.2, 0) is 4.79 Å². The van der Waals surface area contributed by atoms with Crippen LogP contribution in [-0.4, -0.2) is 45.3 Å². The molecule has 1 aromatic carbocycles. The number of nitro benzene ring substituents is 1. The monoisotopic (exact) mass is 458 g/mol. The van der Waals surface area contributed by atoms with Crippen molar-refractivity contribution in [2.45, 2.75) is 64.0 Å². The van der Waals surface area contributed by atoms with Crippen LogP contribution in [0.15, 0.2) is 23.2 Å². The first-order valence-corrected chi connectivity index (χ1v) is 11.2. The Morgan fingerprint density at radius 2 is 2.10 bits per heavy atom. The summed E-state index contributed by atoms with van der Waals surface area (Å²) < 4.78 is 14.0. The number of non-ortho nitro benzene ring substituents is 1. The van der Waals surface area contributed by atoms with E-state index in [1.54, 1.807) is 11.8 Å². The Labute approximate surface area is 186 Å². The molecule has 1 heterocycles. The lowest BCUT2D eigenvalue weighted by molar-refractivity contribution is -0.384. The number of nitrogens with one attached hydrogen (secondary N) is 1. The van der Waals surface area contributed by atoms with Gasteiger partial charge in [0.05, 0.1) is 16.7 Å². The molecule has 1 saturated carbocycles. The maximum absolute atomic E-state index is 14.0. The Bertz CT molecular complexity index is 789. The summed E-state index contributed by atoms with van der Waals surface area (Å²) in [5.41, 5.74) is -0.416. The third-order valence-electron chi connectivity index (χ3n) is 5.28. The molecule has 0 radical (unpaired) electrons. The summed E-state index contributed by atoms with van der Waals surface area (Å²) in [5, 5.41) is 14.4. The number of nitro groups is 1. The van der Waals surface area contributed by atoms with Crippen LogP contribution in [0.1, 0.15) is 51.9 Å². The summed E-state index contributed by atoms with van der Waals surface area (Å²) in [7, 11) is 0. The predicted molar refractivity (Wildman–Crippen MR) is 121 cm³/mol. The highest BCUT2D eigenvalue weighted by Gasteiger charge is 2.32. The molecule has 1 aliphatic heterocycles. The molecule has 30 heavy (non-hydrogen) atoms. The molecular weight excluding hydrogens is 431 g/mol. The first-order valence-electron chi connectivity index (χ1n) is 10.2. The summed E-state index contributed by atoms with van der Waals surface area (Å²) in [6.45, 7) is 2.92. The van der Waals surface area contributed by atoms with Crippen LogP contribution in [0, 0.1) is 15.9 Å². The lowest BCUT2D eigenvalue weighted by Gasteiger charge is -2.27. The Kier molecular flexibility index (Phi) is 9.36. The highest BCUT2D eigenvalue weighted by atomic mass is 35.5. The van der Waals surface area contributed by atoms with E-state index in [1.165, 1.54) is 19.3 Å². The normalized spacial score (nSPS) is 20.8. The smallest absolute Gasteiger partial charge is 0.271 e. The summed E-state index contributed by atoms with van der Waals surface area (Å²) in [6.07, 6.45) is 7.12. The topological polar surface area (TPSA) is 87.8 Å². The quantitative estimate of drug-likeness (QED) is 0.458. The molecule has 1 aromatic rings. The SMILES string of the molecule is CCCN1C(=NC2CCCCC2)SCC1CC(=O)Nc1cc([N+](=O)[O-])ccc1F.Cl. The van der Waals surface area contributed by atoms with Gasteiger partial charge in [-0.15, -0.1) is 12.4 Å². The van der Waals surface area contributed by atoms with Gasteiger partial charge in [0.2, 0.25) is 5.91 Å². The Hall–Kier alpha value is -1.87. The van der Waals surface area contributed by atoms with Crippen molar-refractivity contribution in [2.75, 3.05) is 17.6 Å². The number of hydrogen-bond acceptors (Lipinski definition) is 5. The number of carbonyl (C=O) groups is 1. The van der Waals surface area contributed by atoms with Crippen LogP contribution < -0.4 is 5.32 Å². The maximum atomic E-state index is 14.0. The molecule has 1 N–H and O–H groups in total. The summed E-state index contributed by atoms with van der Waals surface area (Å²) in [5.74, 6) is -0.277. The highest BCUT2D eigenvalue weighted by Crippen LogP contribution is 2.30. The van der Waals surface area contributed by atoms with Crippen molar-refractivity contribution in [3.63, 3.8) is 0 Å². The molecule has 0 spiro atoms. The van der Waals surface area contributed by atoms with Crippen molar-refractivity contribution in [2.24, 2.45) is 4.99 Å². The van der Waals surface area contributed by atoms with E-state index < -0.39 is 10.7 Å². The van der Waals surface area contributed by atoms with E-state index in [1.807, 2.05) is 0 Å². The van der Waals surface area contributed by atoms with E-state index in [0.29, 0.717) is 6.04 Å². The van der Waals surface area contributed by atoms with Crippen LogP contribution in [0.5, 0.6) is 0 Å². The molecule has 1 aliphatic carbocycles. The second kappa shape index (κ2) is 11.5. The van der Waals surface area contributed by atoms with E-state index in [4.69, 9.17) is 4.99 Å². The van der Waals surface area contributed by atoms with Gasteiger partial charge in [0.1, 0.15) is 5.82 Å². The molecule has 1 saturated heterocycles. The van der Waals surface area contributed by atoms with Crippen molar-refractivity contribution in [1.82, 2.24) is 4.90 Å². The second-order valence-electron chi connectivity index (χ2n) is 7.54. The number of amidine groups is 1. The zero-order valence-corrected chi connectivity index (χ0v) is 18.6. The molecule has 1 atom stereocenters. The van der Waals surface area contributed by atoms with E-state index in [0.717, 1.165) is 54.9 Å². The molecule has 3 rings (SSSR count). The van der Waals surface area contributed by atoms with Crippen molar-refractivity contribution < 1.29 is 14.1 Å². The number of rotatable bonds is 7. The van der Waals surface area contributed by atoms with Crippen molar-refractivity contribution in [3.8, 4) is 0 Å². The van der Waals surface area contributed by atoms with Gasteiger partial charge < -0.3 is 10.2 Å². The number of anilines is 1. The predicted octanol–water partition coefficient (Wildman–Crippen LogP) is 5.00. The van der Waals surface area contributed by atoms with Crippen molar-refractivity contribution >= 4 is 46.6 Å². The Morgan fingerprint density at radius 3 is 2.77 bits per heavy atom. The lowest BCUT2D eigenvalue weighted by atomic mass is 9.96. The highest BCUT2D eigenvalue weighted by molar-refractivity contribution is 8.14. The summed E-state index contributed by atoms with van der Waals surface area (Å²) >= 11 is 1.68. The molecule has 1 amide bonds. The molecule has 10 heteroatoms. The zero-order valence-electron chi connectivity index (χ0n) is 17.0. The molecule has 166 valence electrons. The van der Waals surface area contributed by atoms with Gasteiger partial charge in [0.25, 0.3) is 5.69 Å². The maximum Gasteiger partial charge on any atom is 0.271 e. The van der Waals surface area contributed by atoms with E-state index in [9.17, 15) is 19.3 Å². The number of benzene rings is 1. The lowest BCUT2D eigenvalue weighted by Crippen LogP contribution is -2.38. The second-order valence-corrected chi connectivity index (χ2v) is 8.52. The van der Waals surface area contributed by atoms with Crippen LogP contribution in [0.25, 0.3) is 0 Å². The third-order valence-corrected chi connectivity index (χ3v) is 6.43. The number of amides is 1. The van der Waals surface area contributed by atoms with Gasteiger partial charge >= 0.3 is 0 Å². The van der Waals surface area contributed by atoms with Gasteiger partial charge in [-0.2, -0.15) is 0 Å². The average molecular weight is 459 g/mol. The third kappa shape index (κ3) is 6.31. The minimum atomic E-state index is -0.685. The summed E-state index contributed by atoms with van der Waals surface area (Å²) in [6, 6.07) is 3.49. The minimum Gasteiger partial charge on any atom is -0.347 e. The van der Waals surface area contributed by atoms with Crippen molar-refractivity contribution in [1.29, 1.82) is 0 Å². The van der Waals surface area contributed by atoms with Crippen LogP contribution >= 0.6 is 24.2 Å². The molecule has 0 bridgehead atoms. The fraction of sp³-hybridized carbons (Fsp3) is 0.600. The van der Waals surface area contributed by atoms with E-state index >= 15 is 0 Å². The molecule has 7 nitrogen and oxygen atoms in total. The van der Waals surface area contributed by atoms with E-state index in [-0.39, 0.29) is 42.2 Å². The average Bonchev–Trinajstić information content (AvgIpc) is 3.05. The Morgan fingerprint density at radius 1 is 1.37 bits per heavy atom. The number of hydrogen-bond donors (Lipinski definition) is 1. The van der Waals surface area contributed by atoms with Crippen LogP contribution in [0.3, 0.4) is 0 Å². The van der Waals surface area contributed by atoms with Crippen molar-refractivity contribution in [3.05, 3.63) is 34.1 Å². The van der Waals surface area contributed by atoms with Gasteiger partial charge in [0, 0.05) is 36.9 Å². The molecule has 0 aromatic heterocycles. The molecule has 1 unspecified atom stereocenters. The number of carbonyl (C=O) groups excluding carboxylic acids is 1. The largest absolute Gasteiger partial charge is 0.347 e. The number of thioether (sulfide) groups is 1. The zero-order chi connectivity index (χ0) is 20.8. The number of nitrogens with zero attached hydrogens (tertiary/aromatic N) is 3. The molecule has 2 aliphatic rings. The van der Waals surface area contributed by atoms with Gasteiger partial charge in [-0.05, 0) is 25.3 Å². The Balaban J connectivity index is 0.00000320. The minimum absolute atomic E-state index is 0. The molecular formula is C20H28ClFN4O3S. The van der Waals surface area contributed by atoms with Gasteiger partial charge in [-0.3, -0.25) is 19.9 Å². The van der Waals surface area contributed by atoms with Crippen LogP contribution in [0.4, 0.5) is 15.8 Å². The van der Waals surface area contributed by atoms with Gasteiger partial charge in [-0.25, -0.2) is 4.39 Å². The molecule has 2 fully saturated rings. The number of aliphatic imine (C=N–C) groups is 1. The van der Waals surface area contributed by atoms with Crippen LogP contribution in [0.2, 0.25) is 0 Å². The fourth-order valence-corrected chi connectivity index (χ4v) is 5.07. The first kappa shape index (κ1) is 24.4. The summed E-state index contributed by atoms with van der Waals surface area (Å²) in [4.78, 5) is 30.0. The number of halogens is 2. The standard InChI is InChI=1S/C20H27FN4O3S.ClH/c1-2-10-24-16(13-29-20(24)22-14-6-4-3-5-7-14)12-19(26)23-18-11-15(25(27)28)8-9-17(18)21;/h8-9,11,14,16H,2-7,10,12-13H2,1H3,(H,23,26);1H. The van der Waals surface area contributed by atoms with Gasteiger partial charge in [-0.1, -0.05) is 37.9 Å². The van der Waals surface area contributed by atoms with E-state index in [2.05, 4.69) is 17.1 Å². The first-order chi connectivity index (χ1) is 14.0. The fourth-order valence-electron chi connectivity index (χ4n) is 3.80. The van der Waals surface area contributed by atoms with Gasteiger partial charge in [0.15, 0.2) is 5.17 Å².